The lowest BCUT2D eigenvalue weighted by molar-refractivity contribution is -0.113. The number of hydrogen-bond acceptors (Lipinski definition) is 5. The van der Waals surface area contributed by atoms with Crippen molar-refractivity contribution in [1.29, 1.82) is 0 Å². The topological polar surface area (TPSA) is 68.0 Å². The number of carbonyl (C=O) groups is 1. The highest BCUT2D eigenvalue weighted by Crippen LogP contribution is 2.25. The van der Waals surface area contributed by atoms with Crippen LogP contribution in [0.4, 0.5) is 5.69 Å². The lowest BCUT2D eigenvalue weighted by atomic mass is 9.87. The number of rotatable bonds is 5. The van der Waals surface area contributed by atoms with E-state index >= 15 is 0 Å². The lowest BCUT2D eigenvalue weighted by Gasteiger charge is -2.19. The minimum Gasteiger partial charge on any atom is -0.411 e. The minimum absolute atomic E-state index is 0.0888. The monoisotopic (exact) mass is 381 g/mol. The van der Waals surface area contributed by atoms with Crippen LogP contribution in [0, 0.1) is 6.92 Å². The molecule has 3 aromatic rings. The van der Waals surface area contributed by atoms with Gasteiger partial charge in [0.1, 0.15) is 0 Å². The number of aromatic nitrogens is 2. The molecular formula is C21H23N3O2S. The van der Waals surface area contributed by atoms with Gasteiger partial charge in [-0.2, -0.15) is 0 Å². The molecule has 1 aromatic heterocycles. The van der Waals surface area contributed by atoms with Crippen molar-refractivity contribution < 1.29 is 9.21 Å². The van der Waals surface area contributed by atoms with Crippen molar-refractivity contribution in [2.75, 3.05) is 11.1 Å². The third-order valence-corrected chi connectivity index (χ3v) is 4.88. The van der Waals surface area contributed by atoms with E-state index in [-0.39, 0.29) is 17.1 Å². The minimum atomic E-state index is -0.112. The second kappa shape index (κ2) is 7.96. The van der Waals surface area contributed by atoms with Crippen LogP contribution in [-0.4, -0.2) is 21.9 Å². The van der Waals surface area contributed by atoms with E-state index in [4.69, 9.17) is 4.42 Å². The Balaban J connectivity index is 1.54. The molecule has 0 bridgehead atoms. The molecule has 0 spiro atoms. The van der Waals surface area contributed by atoms with E-state index in [1.165, 1.54) is 22.9 Å². The van der Waals surface area contributed by atoms with Crippen LogP contribution in [0.2, 0.25) is 0 Å². The van der Waals surface area contributed by atoms with Gasteiger partial charge in [0.25, 0.3) is 5.22 Å². The molecule has 0 aliphatic heterocycles. The Labute approximate surface area is 163 Å². The summed E-state index contributed by atoms with van der Waals surface area (Å²) < 4.78 is 5.62. The van der Waals surface area contributed by atoms with Gasteiger partial charge in [0.05, 0.1) is 5.75 Å². The number of amides is 1. The number of nitrogens with zero attached hydrogens (tertiary/aromatic N) is 2. The largest absolute Gasteiger partial charge is 0.411 e. The molecule has 0 saturated carbocycles. The molecule has 0 aliphatic carbocycles. The van der Waals surface area contributed by atoms with Crippen molar-refractivity contribution >= 4 is 23.4 Å². The van der Waals surface area contributed by atoms with E-state index in [1.54, 1.807) is 0 Å². The summed E-state index contributed by atoms with van der Waals surface area (Å²) in [5.41, 5.74) is 4.12. The van der Waals surface area contributed by atoms with E-state index < -0.39 is 0 Å². The average Bonchev–Trinajstić information content (AvgIpc) is 3.09. The summed E-state index contributed by atoms with van der Waals surface area (Å²) in [5.74, 6) is 0.547. The molecule has 1 heterocycles. The molecule has 2 aromatic carbocycles. The highest BCUT2D eigenvalue weighted by molar-refractivity contribution is 7.99. The van der Waals surface area contributed by atoms with Gasteiger partial charge in [-0.15, -0.1) is 10.2 Å². The van der Waals surface area contributed by atoms with Gasteiger partial charge in [0, 0.05) is 11.3 Å². The lowest BCUT2D eigenvalue weighted by Crippen LogP contribution is -2.15. The summed E-state index contributed by atoms with van der Waals surface area (Å²) in [7, 11) is 0. The Morgan fingerprint density at radius 1 is 1.04 bits per heavy atom. The first kappa shape index (κ1) is 19.2. The van der Waals surface area contributed by atoms with E-state index in [0.29, 0.717) is 11.1 Å². The van der Waals surface area contributed by atoms with Gasteiger partial charge in [-0.1, -0.05) is 62.4 Å². The highest BCUT2D eigenvalue weighted by atomic mass is 32.2. The van der Waals surface area contributed by atoms with E-state index in [0.717, 1.165) is 11.3 Å². The second-order valence-electron chi connectivity index (χ2n) is 7.40. The predicted molar refractivity (Wildman–Crippen MR) is 109 cm³/mol. The van der Waals surface area contributed by atoms with Gasteiger partial charge in [0.2, 0.25) is 11.8 Å². The van der Waals surface area contributed by atoms with Crippen LogP contribution in [0.25, 0.3) is 11.5 Å². The Morgan fingerprint density at radius 2 is 1.70 bits per heavy atom. The van der Waals surface area contributed by atoms with Crippen molar-refractivity contribution in [3.8, 4) is 11.5 Å². The summed E-state index contributed by atoms with van der Waals surface area (Å²) in [6.07, 6.45) is 0. The van der Waals surface area contributed by atoms with Crippen LogP contribution < -0.4 is 5.32 Å². The molecule has 0 aliphatic rings. The molecule has 1 amide bonds. The predicted octanol–water partition coefficient (Wildman–Crippen LogP) is 5.07. The second-order valence-corrected chi connectivity index (χ2v) is 8.33. The smallest absolute Gasteiger partial charge is 0.277 e. The number of carbonyl (C=O) groups excluding carboxylic acids is 1. The molecule has 1 N–H and O–H groups in total. The van der Waals surface area contributed by atoms with Crippen molar-refractivity contribution in [2.24, 2.45) is 0 Å². The number of thioether (sulfide) groups is 1. The van der Waals surface area contributed by atoms with Crippen LogP contribution in [0.3, 0.4) is 0 Å². The summed E-state index contributed by atoms with van der Waals surface area (Å²) in [6, 6.07) is 15.8. The third-order valence-electron chi connectivity index (χ3n) is 4.07. The molecule has 0 unspecified atom stereocenters. The van der Waals surface area contributed by atoms with Crippen LogP contribution in [0.1, 0.15) is 31.9 Å². The number of hydrogen-bond donors (Lipinski definition) is 1. The van der Waals surface area contributed by atoms with Crippen LogP contribution in [0.15, 0.2) is 58.2 Å². The molecule has 5 nitrogen and oxygen atoms in total. The van der Waals surface area contributed by atoms with Gasteiger partial charge in [-0.3, -0.25) is 4.79 Å². The molecular weight excluding hydrogens is 358 g/mol. The number of aryl methyl sites for hydroxylation is 1. The summed E-state index contributed by atoms with van der Waals surface area (Å²) >= 11 is 1.22. The summed E-state index contributed by atoms with van der Waals surface area (Å²) in [6.45, 7) is 8.50. The van der Waals surface area contributed by atoms with Gasteiger partial charge in [0.15, 0.2) is 0 Å². The van der Waals surface area contributed by atoms with Crippen LogP contribution in [-0.2, 0) is 10.2 Å². The number of nitrogens with one attached hydrogen (secondary N) is 1. The fourth-order valence-electron chi connectivity index (χ4n) is 2.46. The molecule has 27 heavy (non-hydrogen) atoms. The SMILES string of the molecule is Cc1ccc(-c2nnc(SCC(=O)Nc3ccc(C(C)(C)C)cc3)o2)cc1. The first-order chi connectivity index (χ1) is 12.8. The van der Waals surface area contributed by atoms with Gasteiger partial charge in [-0.25, -0.2) is 0 Å². The zero-order valence-electron chi connectivity index (χ0n) is 15.9. The van der Waals surface area contributed by atoms with Crippen molar-refractivity contribution in [2.45, 2.75) is 38.3 Å². The van der Waals surface area contributed by atoms with Crippen LogP contribution >= 0.6 is 11.8 Å². The Morgan fingerprint density at radius 3 is 2.33 bits per heavy atom. The van der Waals surface area contributed by atoms with E-state index in [9.17, 15) is 4.79 Å². The fraction of sp³-hybridized carbons (Fsp3) is 0.286. The summed E-state index contributed by atoms with van der Waals surface area (Å²) in [4.78, 5) is 12.2. The first-order valence-corrected chi connectivity index (χ1v) is 9.73. The summed E-state index contributed by atoms with van der Waals surface area (Å²) in [5, 5.41) is 11.3. The standard InChI is InChI=1S/C21H23N3O2S/c1-14-5-7-15(8-6-14)19-23-24-20(26-19)27-13-18(25)22-17-11-9-16(10-12-17)21(2,3)4/h5-12H,13H2,1-4H3,(H,22,25). The van der Waals surface area contributed by atoms with Gasteiger partial charge in [-0.05, 0) is 42.2 Å². The number of benzene rings is 2. The van der Waals surface area contributed by atoms with Gasteiger partial charge < -0.3 is 9.73 Å². The number of anilines is 1. The average molecular weight is 382 g/mol. The maximum absolute atomic E-state index is 12.2. The van der Waals surface area contributed by atoms with Crippen LogP contribution in [0.5, 0.6) is 0 Å². The van der Waals surface area contributed by atoms with E-state index in [1.807, 2.05) is 55.5 Å². The molecule has 3 rings (SSSR count). The highest BCUT2D eigenvalue weighted by Gasteiger charge is 2.14. The fourth-order valence-corrected chi connectivity index (χ4v) is 3.02. The molecule has 0 fully saturated rings. The molecule has 0 saturated heterocycles. The van der Waals surface area contributed by atoms with Crippen molar-refractivity contribution in [3.05, 3.63) is 59.7 Å². The maximum atomic E-state index is 12.2. The molecule has 0 radical (unpaired) electrons. The van der Waals surface area contributed by atoms with Crippen molar-refractivity contribution in [3.63, 3.8) is 0 Å². The zero-order valence-corrected chi connectivity index (χ0v) is 16.8. The quantitative estimate of drug-likeness (QED) is 0.625. The van der Waals surface area contributed by atoms with Crippen molar-refractivity contribution in [1.82, 2.24) is 10.2 Å². The van der Waals surface area contributed by atoms with Gasteiger partial charge >= 0.3 is 0 Å². The normalized spacial score (nSPS) is 11.4. The Bertz CT molecular complexity index is 910. The van der Waals surface area contributed by atoms with E-state index in [2.05, 4.69) is 36.3 Å². The molecule has 6 heteroatoms. The molecule has 140 valence electrons. The Hall–Kier alpha value is -2.60. The Kier molecular flexibility index (Phi) is 5.65. The first-order valence-electron chi connectivity index (χ1n) is 8.75. The third kappa shape index (κ3) is 5.20. The molecule has 0 atom stereocenters. The zero-order chi connectivity index (χ0) is 19.4. The maximum Gasteiger partial charge on any atom is 0.277 e.